The summed E-state index contributed by atoms with van der Waals surface area (Å²) in [7, 11) is -2.00. The summed E-state index contributed by atoms with van der Waals surface area (Å²) >= 11 is 0. The normalized spacial score (nSPS) is 32.7. The van der Waals surface area contributed by atoms with Crippen molar-refractivity contribution >= 4 is 14.4 Å². The number of aromatic nitrogens is 2. The molecule has 0 aromatic carbocycles. The zero-order valence-corrected chi connectivity index (χ0v) is 19.1. The van der Waals surface area contributed by atoms with Gasteiger partial charge in [-0.05, 0) is 44.1 Å². The van der Waals surface area contributed by atoms with Gasteiger partial charge in [0.05, 0.1) is 12.3 Å². The van der Waals surface area contributed by atoms with E-state index in [0.717, 1.165) is 0 Å². The van der Waals surface area contributed by atoms with Gasteiger partial charge in [0.25, 0.3) is 5.56 Å². The summed E-state index contributed by atoms with van der Waals surface area (Å²) in [6.07, 6.45) is 2.16. The lowest BCUT2D eigenvalue weighted by Gasteiger charge is -2.37. The van der Waals surface area contributed by atoms with E-state index in [9.17, 15) is 9.59 Å². The average Bonchev–Trinajstić information content (AvgIpc) is 3.16. The monoisotopic (exact) mass is 422 g/mol. The van der Waals surface area contributed by atoms with E-state index in [1.54, 1.807) is 12.2 Å². The number of ether oxygens (including phenoxy) is 3. The number of nitrogens with one attached hydrogen (secondary N) is 1. The maximum absolute atomic E-state index is 12.7. The van der Waals surface area contributed by atoms with Gasteiger partial charge < -0.3 is 18.6 Å². The Bertz CT molecular complexity index is 972. The standard InChI is InChI=1S/C20H30N2O6Si/c1-18(2,3)29(6,7)25-11-13-15-16(28-19(4,5)27-15)20(26-13)9-8-12-10-14(23)21-17(24)22(12)20/h8-10,13,15-16H,11H2,1-7H3,(H,21,23,24)/t13-,15-,16-,20-/m1/s1. The molecule has 0 saturated carbocycles. The fourth-order valence-electron chi connectivity index (χ4n) is 3.98. The molecule has 1 aromatic rings. The van der Waals surface area contributed by atoms with E-state index < -0.39 is 49.4 Å². The molecule has 9 heteroatoms. The zero-order chi connectivity index (χ0) is 21.4. The van der Waals surface area contributed by atoms with Gasteiger partial charge in [0, 0.05) is 6.07 Å². The first-order valence-corrected chi connectivity index (χ1v) is 12.9. The first-order chi connectivity index (χ1) is 13.3. The van der Waals surface area contributed by atoms with E-state index in [1.165, 1.54) is 10.6 Å². The van der Waals surface area contributed by atoms with Crippen molar-refractivity contribution in [2.75, 3.05) is 6.61 Å². The molecule has 1 aromatic heterocycles. The van der Waals surface area contributed by atoms with Crippen LogP contribution in [-0.2, 0) is 24.4 Å². The second kappa shape index (κ2) is 6.24. The number of aromatic amines is 1. The third kappa shape index (κ3) is 3.19. The van der Waals surface area contributed by atoms with Gasteiger partial charge in [0.1, 0.15) is 18.3 Å². The van der Waals surface area contributed by atoms with Crippen molar-refractivity contribution in [1.82, 2.24) is 9.55 Å². The first-order valence-electron chi connectivity index (χ1n) is 9.99. The molecular weight excluding hydrogens is 392 g/mol. The molecular formula is C20H30N2O6Si. The molecule has 0 bridgehead atoms. The van der Waals surface area contributed by atoms with Crippen LogP contribution in [0.1, 0.15) is 40.3 Å². The summed E-state index contributed by atoms with van der Waals surface area (Å²) in [6, 6.07) is 1.38. The van der Waals surface area contributed by atoms with Crippen molar-refractivity contribution in [3.05, 3.63) is 38.7 Å². The van der Waals surface area contributed by atoms with Crippen molar-refractivity contribution < 1.29 is 18.6 Å². The first kappa shape index (κ1) is 20.7. The number of hydrogen-bond donors (Lipinski definition) is 1. The molecule has 0 unspecified atom stereocenters. The highest BCUT2D eigenvalue weighted by Crippen LogP contribution is 2.49. The molecule has 2 fully saturated rings. The van der Waals surface area contributed by atoms with Crippen molar-refractivity contribution in [2.45, 2.75) is 82.6 Å². The summed E-state index contributed by atoms with van der Waals surface area (Å²) in [5.41, 5.74) is -1.66. The van der Waals surface area contributed by atoms with Crippen molar-refractivity contribution in [2.24, 2.45) is 0 Å². The Labute approximate surface area is 170 Å². The number of fused-ring (bicyclic) bond motifs is 4. The van der Waals surface area contributed by atoms with Crippen LogP contribution in [0.15, 0.2) is 21.7 Å². The molecule has 1 N–H and O–H groups in total. The topological polar surface area (TPSA) is 91.8 Å². The van der Waals surface area contributed by atoms with E-state index >= 15 is 0 Å². The van der Waals surface area contributed by atoms with Gasteiger partial charge in [-0.1, -0.05) is 20.8 Å². The largest absolute Gasteiger partial charge is 0.414 e. The van der Waals surface area contributed by atoms with Crippen LogP contribution < -0.4 is 11.2 Å². The van der Waals surface area contributed by atoms with Gasteiger partial charge in [-0.2, -0.15) is 0 Å². The number of hydrogen-bond acceptors (Lipinski definition) is 6. The van der Waals surface area contributed by atoms with E-state index in [-0.39, 0.29) is 5.04 Å². The summed E-state index contributed by atoms with van der Waals surface area (Å²) in [5.74, 6) is -0.816. The minimum atomic E-state index is -2.00. The van der Waals surface area contributed by atoms with Gasteiger partial charge in [0.2, 0.25) is 0 Å². The van der Waals surface area contributed by atoms with Gasteiger partial charge in [-0.25, -0.2) is 4.79 Å². The lowest BCUT2D eigenvalue weighted by atomic mass is 10.0. The maximum Gasteiger partial charge on any atom is 0.331 e. The van der Waals surface area contributed by atoms with E-state index in [2.05, 4.69) is 38.8 Å². The number of nitrogens with zero attached hydrogens (tertiary/aromatic N) is 1. The van der Waals surface area contributed by atoms with Gasteiger partial charge in [-0.15, -0.1) is 0 Å². The fourth-order valence-corrected chi connectivity index (χ4v) is 5.00. The second-order valence-electron chi connectivity index (χ2n) is 10.0. The molecule has 2 saturated heterocycles. The van der Waals surface area contributed by atoms with Gasteiger partial charge in [-0.3, -0.25) is 14.3 Å². The predicted octanol–water partition coefficient (Wildman–Crippen LogP) is 2.16. The van der Waals surface area contributed by atoms with E-state index in [0.29, 0.717) is 12.3 Å². The fraction of sp³-hybridized carbons (Fsp3) is 0.700. The van der Waals surface area contributed by atoms with Crippen LogP contribution >= 0.6 is 0 Å². The Morgan fingerprint density at radius 3 is 2.55 bits per heavy atom. The minimum absolute atomic E-state index is 0.0608. The Morgan fingerprint density at radius 1 is 1.21 bits per heavy atom. The SMILES string of the molecule is CC1(C)O[C@H]2[C@@H](O1)[C@@]1(C=Cc3cc(=O)[nH]c(=O)n31)O[C@@H]2CO[Si](C)(C)C(C)(C)C. The van der Waals surface area contributed by atoms with Crippen LogP contribution in [-0.4, -0.2) is 48.6 Å². The Morgan fingerprint density at radius 2 is 1.90 bits per heavy atom. The molecule has 0 amide bonds. The number of rotatable bonds is 3. The van der Waals surface area contributed by atoms with Crippen LogP contribution in [0.2, 0.25) is 18.1 Å². The molecule has 1 spiro atoms. The minimum Gasteiger partial charge on any atom is -0.414 e. The predicted molar refractivity (Wildman–Crippen MR) is 110 cm³/mol. The average molecular weight is 423 g/mol. The van der Waals surface area contributed by atoms with Crippen LogP contribution in [0.25, 0.3) is 6.08 Å². The Hall–Kier alpha value is -1.52. The van der Waals surface area contributed by atoms with Crippen molar-refractivity contribution in [1.29, 1.82) is 0 Å². The van der Waals surface area contributed by atoms with Gasteiger partial charge >= 0.3 is 5.69 Å². The molecule has 4 rings (SSSR count). The third-order valence-corrected chi connectivity index (χ3v) is 11.0. The lowest BCUT2D eigenvalue weighted by molar-refractivity contribution is -0.219. The quantitative estimate of drug-likeness (QED) is 0.751. The summed E-state index contributed by atoms with van der Waals surface area (Å²) < 4.78 is 26.6. The maximum atomic E-state index is 12.7. The lowest BCUT2D eigenvalue weighted by Crippen LogP contribution is -2.49. The highest BCUT2D eigenvalue weighted by Gasteiger charge is 2.64. The zero-order valence-electron chi connectivity index (χ0n) is 18.1. The molecule has 0 radical (unpaired) electrons. The molecule has 3 aliphatic rings. The summed E-state index contributed by atoms with van der Waals surface area (Å²) in [6.45, 7) is 15.0. The molecule has 160 valence electrons. The molecule has 3 aliphatic heterocycles. The molecule has 29 heavy (non-hydrogen) atoms. The highest BCUT2D eigenvalue weighted by molar-refractivity contribution is 6.74. The van der Waals surface area contributed by atoms with Crippen LogP contribution in [0, 0.1) is 0 Å². The second-order valence-corrected chi connectivity index (χ2v) is 14.8. The molecule has 4 atom stereocenters. The molecule has 8 nitrogen and oxygen atoms in total. The van der Waals surface area contributed by atoms with E-state index in [4.69, 9.17) is 18.6 Å². The number of H-pyrrole nitrogens is 1. The van der Waals surface area contributed by atoms with Crippen LogP contribution in [0.5, 0.6) is 0 Å². The van der Waals surface area contributed by atoms with Crippen LogP contribution in [0.3, 0.4) is 0 Å². The van der Waals surface area contributed by atoms with Crippen molar-refractivity contribution in [3.63, 3.8) is 0 Å². The summed E-state index contributed by atoms with van der Waals surface area (Å²) in [5, 5.41) is 0.0608. The Kier molecular flexibility index (Phi) is 4.46. The van der Waals surface area contributed by atoms with E-state index in [1.807, 2.05) is 13.8 Å². The third-order valence-electron chi connectivity index (χ3n) is 6.47. The Balaban J connectivity index is 1.70. The van der Waals surface area contributed by atoms with Crippen LogP contribution in [0.4, 0.5) is 0 Å². The smallest absolute Gasteiger partial charge is 0.331 e. The van der Waals surface area contributed by atoms with Crippen molar-refractivity contribution in [3.8, 4) is 0 Å². The van der Waals surface area contributed by atoms with Gasteiger partial charge in [0.15, 0.2) is 19.8 Å². The molecule has 0 aliphatic carbocycles. The summed E-state index contributed by atoms with van der Waals surface area (Å²) in [4.78, 5) is 26.7. The molecule has 4 heterocycles. The highest BCUT2D eigenvalue weighted by atomic mass is 28.4.